The Kier molecular flexibility index (Phi) is 10.0. The highest BCUT2D eigenvalue weighted by Crippen LogP contribution is 2.30. The molecule has 4 aromatic carbocycles. The van der Waals surface area contributed by atoms with Crippen LogP contribution in [0.25, 0.3) is 10.8 Å². The van der Waals surface area contributed by atoms with Crippen molar-refractivity contribution in [3.8, 4) is 11.5 Å². The summed E-state index contributed by atoms with van der Waals surface area (Å²) in [5, 5.41) is 17.2. The lowest BCUT2D eigenvalue weighted by atomic mass is 10.00. The number of aliphatic imine (C=N–C) groups is 1. The number of likely N-dealkylation sites (tertiary alicyclic amines) is 1. The summed E-state index contributed by atoms with van der Waals surface area (Å²) in [6, 6.07) is 33.7. The van der Waals surface area contributed by atoms with Crippen LogP contribution in [-0.2, 0) is 24.4 Å². The molecule has 0 spiro atoms. The van der Waals surface area contributed by atoms with E-state index in [0.29, 0.717) is 25.0 Å². The van der Waals surface area contributed by atoms with Crippen molar-refractivity contribution < 1.29 is 9.47 Å². The molecule has 2 fully saturated rings. The fourth-order valence-corrected chi connectivity index (χ4v) is 6.41. The molecule has 242 valence electrons. The summed E-state index contributed by atoms with van der Waals surface area (Å²) in [5.74, 6) is 4.46. The Balaban J connectivity index is 1.02. The van der Waals surface area contributed by atoms with Gasteiger partial charge in [0, 0.05) is 50.2 Å². The minimum Gasteiger partial charge on any atom is -0.457 e. The van der Waals surface area contributed by atoms with Gasteiger partial charge in [-0.05, 0) is 60.4 Å². The van der Waals surface area contributed by atoms with Crippen molar-refractivity contribution >= 4 is 16.7 Å². The van der Waals surface area contributed by atoms with Crippen LogP contribution in [0.2, 0.25) is 0 Å². The van der Waals surface area contributed by atoms with E-state index in [1.807, 2.05) is 36.4 Å². The van der Waals surface area contributed by atoms with Gasteiger partial charge in [0.2, 0.25) is 0 Å². The fourth-order valence-electron chi connectivity index (χ4n) is 6.41. The number of fused-ring (bicyclic) bond motifs is 1. The van der Waals surface area contributed by atoms with Crippen LogP contribution in [0.15, 0.2) is 102 Å². The molecule has 47 heavy (non-hydrogen) atoms. The summed E-state index contributed by atoms with van der Waals surface area (Å²) in [6.07, 6.45) is 4.03. The summed E-state index contributed by atoms with van der Waals surface area (Å²) in [4.78, 5) is 12.4. The van der Waals surface area contributed by atoms with Crippen molar-refractivity contribution in [2.24, 2.45) is 4.99 Å². The van der Waals surface area contributed by atoms with Crippen LogP contribution in [0, 0.1) is 0 Å². The van der Waals surface area contributed by atoms with E-state index in [9.17, 15) is 0 Å². The van der Waals surface area contributed by atoms with E-state index < -0.39 is 0 Å². The Bertz CT molecular complexity index is 1750. The Labute approximate surface area is 276 Å². The van der Waals surface area contributed by atoms with Gasteiger partial charge in [-0.1, -0.05) is 78.9 Å². The number of aromatic amines is 1. The second-order valence-electron chi connectivity index (χ2n) is 12.5. The molecular weight excluding hydrogens is 586 g/mol. The number of ether oxygens (including phenoxy) is 2. The number of nitrogens with zero attached hydrogens (tertiary/aromatic N) is 4. The second-order valence-corrected chi connectivity index (χ2v) is 12.5. The molecule has 0 aliphatic carbocycles. The van der Waals surface area contributed by atoms with Crippen molar-refractivity contribution in [3.05, 3.63) is 120 Å². The van der Waals surface area contributed by atoms with E-state index >= 15 is 0 Å². The predicted octanol–water partition coefficient (Wildman–Crippen LogP) is 6.54. The zero-order chi connectivity index (χ0) is 31.7. The van der Waals surface area contributed by atoms with Crippen molar-refractivity contribution in [1.82, 2.24) is 30.7 Å². The number of nitrogens with one attached hydrogen (secondary N) is 3. The third-order valence-electron chi connectivity index (χ3n) is 9.03. The topological polar surface area (TPSA) is 99.7 Å². The van der Waals surface area contributed by atoms with Crippen LogP contribution in [0.4, 0.5) is 0 Å². The predicted molar refractivity (Wildman–Crippen MR) is 185 cm³/mol. The zero-order valence-corrected chi connectivity index (χ0v) is 26.8. The number of rotatable bonds is 10. The lowest BCUT2D eigenvalue weighted by Crippen LogP contribution is -2.48. The Morgan fingerprint density at radius 1 is 0.872 bits per heavy atom. The first kappa shape index (κ1) is 30.9. The lowest BCUT2D eigenvalue weighted by molar-refractivity contribution is 0.0836. The molecule has 0 bridgehead atoms. The fraction of sp³-hybridized carbons (Fsp3) is 0.342. The van der Waals surface area contributed by atoms with E-state index in [-0.39, 0.29) is 0 Å². The number of guanidine groups is 1. The third kappa shape index (κ3) is 8.36. The van der Waals surface area contributed by atoms with Crippen LogP contribution in [0.5, 0.6) is 11.5 Å². The summed E-state index contributed by atoms with van der Waals surface area (Å²) in [6.45, 7) is 5.65. The molecule has 3 heterocycles. The molecule has 3 N–H and O–H groups in total. The maximum atomic E-state index is 6.36. The van der Waals surface area contributed by atoms with E-state index in [1.165, 1.54) is 5.56 Å². The summed E-state index contributed by atoms with van der Waals surface area (Å²) in [7, 11) is 0. The third-order valence-corrected chi connectivity index (χ3v) is 9.03. The molecular formula is C38H43N7O2. The van der Waals surface area contributed by atoms with E-state index in [4.69, 9.17) is 19.5 Å². The largest absolute Gasteiger partial charge is 0.457 e. The SMILES string of the molecule is c1ccc(CN2CCC(NC(=NCc3cccc(Oc4cccc5ccccc45)c3)NCc3nc(C4CCOCC4)n[nH]3)CC2)cc1. The second kappa shape index (κ2) is 15.2. The van der Waals surface area contributed by atoms with Gasteiger partial charge in [0.15, 0.2) is 11.8 Å². The van der Waals surface area contributed by atoms with Crippen LogP contribution in [-0.4, -0.2) is 58.4 Å². The Hall–Kier alpha value is -4.73. The number of hydrogen-bond donors (Lipinski definition) is 3. The maximum absolute atomic E-state index is 6.36. The minimum absolute atomic E-state index is 0.335. The monoisotopic (exact) mass is 629 g/mol. The van der Waals surface area contributed by atoms with Crippen molar-refractivity contribution in [2.75, 3.05) is 26.3 Å². The minimum atomic E-state index is 0.335. The van der Waals surface area contributed by atoms with Gasteiger partial charge in [-0.25, -0.2) is 9.98 Å². The number of benzene rings is 4. The Morgan fingerprint density at radius 2 is 1.64 bits per heavy atom. The molecule has 7 rings (SSSR count). The standard InChI is InChI=1S/C38H43N7O2/c1-2-8-28(9-3-1)27-45-20-16-32(17-21-45)41-38(40-26-36-42-37(44-43-36)31-18-22-46-23-19-31)39-25-29-10-6-13-33(24-29)47-35-15-7-12-30-11-4-5-14-34(30)35/h1-15,24,31-32H,16-23,25-27H2,(H2,39,40,41)(H,42,43,44). The van der Waals surface area contributed by atoms with E-state index in [2.05, 4.69) is 86.4 Å². The molecule has 0 atom stereocenters. The molecule has 5 aromatic rings. The van der Waals surface area contributed by atoms with Gasteiger partial charge >= 0.3 is 0 Å². The van der Waals surface area contributed by atoms with Crippen molar-refractivity contribution in [2.45, 2.75) is 57.3 Å². The molecule has 9 nitrogen and oxygen atoms in total. The van der Waals surface area contributed by atoms with Crippen LogP contribution in [0.3, 0.4) is 0 Å². The molecule has 0 radical (unpaired) electrons. The smallest absolute Gasteiger partial charge is 0.192 e. The average Bonchev–Trinajstić information content (AvgIpc) is 3.61. The van der Waals surface area contributed by atoms with Gasteiger partial charge in [0.1, 0.15) is 17.3 Å². The molecule has 0 unspecified atom stereocenters. The maximum Gasteiger partial charge on any atom is 0.192 e. The molecule has 2 aliphatic rings. The average molecular weight is 630 g/mol. The van der Waals surface area contributed by atoms with Gasteiger partial charge in [0.25, 0.3) is 0 Å². The first-order valence-corrected chi connectivity index (χ1v) is 16.8. The summed E-state index contributed by atoms with van der Waals surface area (Å²) in [5.41, 5.74) is 2.43. The number of H-pyrrole nitrogens is 1. The van der Waals surface area contributed by atoms with Crippen molar-refractivity contribution in [3.63, 3.8) is 0 Å². The lowest BCUT2D eigenvalue weighted by Gasteiger charge is -2.33. The normalized spacial score (nSPS) is 16.7. The highest BCUT2D eigenvalue weighted by atomic mass is 16.5. The molecule has 0 saturated carbocycles. The number of hydrogen-bond acceptors (Lipinski definition) is 6. The molecule has 1 aromatic heterocycles. The zero-order valence-electron chi connectivity index (χ0n) is 26.8. The van der Waals surface area contributed by atoms with Crippen LogP contribution >= 0.6 is 0 Å². The van der Waals surface area contributed by atoms with Gasteiger partial charge in [0.05, 0.1) is 13.1 Å². The van der Waals surface area contributed by atoms with Crippen LogP contribution in [0.1, 0.15) is 54.4 Å². The Morgan fingerprint density at radius 3 is 2.51 bits per heavy atom. The number of aromatic nitrogens is 3. The number of piperidine rings is 1. The highest BCUT2D eigenvalue weighted by molar-refractivity contribution is 5.88. The summed E-state index contributed by atoms with van der Waals surface area (Å²) < 4.78 is 11.9. The van der Waals surface area contributed by atoms with Gasteiger partial charge in [-0.3, -0.25) is 10.00 Å². The van der Waals surface area contributed by atoms with Gasteiger partial charge in [-0.15, -0.1) is 0 Å². The van der Waals surface area contributed by atoms with Gasteiger partial charge in [-0.2, -0.15) is 5.10 Å². The highest BCUT2D eigenvalue weighted by Gasteiger charge is 2.22. The molecule has 2 aliphatic heterocycles. The summed E-state index contributed by atoms with van der Waals surface area (Å²) >= 11 is 0. The van der Waals surface area contributed by atoms with E-state index in [0.717, 1.165) is 104 Å². The van der Waals surface area contributed by atoms with Crippen LogP contribution < -0.4 is 15.4 Å². The molecule has 0 amide bonds. The first-order chi connectivity index (χ1) is 23.2. The van der Waals surface area contributed by atoms with Crippen molar-refractivity contribution in [1.29, 1.82) is 0 Å². The van der Waals surface area contributed by atoms with Gasteiger partial charge < -0.3 is 20.1 Å². The molecule has 9 heteroatoms. The molecule has 2 saturated heterocycles. The van der Waals surface area contributed by atoms with E-state index in [1.54, 1.807) is 0 Å². The quantitative estimate of drug-likeness (QED) is 0.119. The first-order valence-electron chi connectivity index (χ1n) is 16.8.